The monoisotopic (exact) mass is 343 g/mol. The average molecular weight is 344 g/mol. The first-order valence-electron chi connectivity index (χ1n) is 5.06. The van der Waals surface area contributed by atoms with Gasteiger partial charge in [0, 0.05) is 10.0 Å². The van der Waals surface area contributed by atoms with E-state index >= 15 is 0 Å². The van der Waals surface area contributed by atoms with Crippen LogP contribution in [0.5, 0.6) is 0 Å². The highest BCUT2D eigenvalue weighted by Gasteiger charge is 2.12. The van der Waals surface area contributed by atoms with Crippen molar-refractivity contribution in [3.05, 3.63) is 51.1 Å². The molecule has 1 amide bonds. The summed E-state index contributed by atoms with van der Waals surface area (Å²) in [7, 11) is 0. The molecule has 2 N–H and O–H groups in total. The van der Waals surface area contributed by atoms with Crippen LogP contribution < -0.4 is 5.32 Å². The van der Waals surface area contributed by atoms with Crippen LogP contribution in [0.3, 0.4) is 0 Å². The number of hydrogen-bond acceptors (Lipinski definition) is 3. The normalized spacial score (nSPS) is 10.2. The van der Waals surface area contributed by atoms with Crippen molar-refractivity contribution in [1.29, 1.82) is 0 Å². The number of nitrogens with one attached hydrogen (secondary N) is 1. The number of carbonyl (C=O) groups is 2. The summed E-state index contributed by atoms with van der Waals surface area (Å²) in [5.41, 5.74) is 0.150. The Morgan fingerprint density at radius 2 is 2.00 bits per heavy atom. The number of rotatable bonds is 3. The summed E-state index contributed by atoms with van der Waals surface area (Å²) >= 11 is 4.03. The molecule has 0 atom stereocenters. The van der Waals surface area contributed by atoms with E-state index in [1.165, 1.54) is 24.3 Å². The maximum atomic E-state index is 13.2. The third kappa shape index (κ3) is 3.39. The van der Waals surface area contributed by atoms with Gasteiger partial charge in [-0.05, 0) is 30.3 Å². The van der Waals surface area contributed by atoms with Gasteiger partial charge < -0.3 is 10.4 Å². The molecule has 0 aliphatic carbocycles. The quantitative estimate of drug-likeness (QED) is 0.894. The number of thiophene rings is 1. The molecule has 1 aromatic carbocycles. The van der Waals surface area contributed by atoms with Crippen LogP contribution in [0.4, 0.5) is 9.39 Å². The van der Waals surface area contributed by atoms with Crippen LogP contribution in [-0.4, -0.2) is 17.0 Å². The topological polar surface area (TPSA) is 66.4 Å². The molecule has 98 valence electrons. The van der Waals surface area contributed by atoms with E-state index in [9.17, 15) is 14.0 Å². The number of anilines is 1. The fourth-order valence-electron chi connectivity index (χ4n) is 1.39. The number of carboxylic acids is 1. The smallest absolute Gasteiger partial charge is 0.345 e. The van der Waals surface area contributed by atoms with Crippen molar-refractivity contribution in [2.75, 3.05) is 5.32 Å². The molecule has 0 radical (unpaired) electrons. The van der Waals surface area contributed by atoms with E-state index in [4.69, 9.17) is 5.11 Å². The molecule has 0 spiro atoms. The lowest BCUT2D eigenvalue weighted by molar-refractivity contribution is 0.0702. The lowest BCUT2D eigenvalue weighted by Gasteiger charge is -2.03. The van der Waals surface area contributed by atoms with E-state index in [2.05, 4.69) is 21.2 Å². The van der Waals surface area contributed by atoms with Crippen molar-refractivity contribution in [1.82, 2.24) is 0 Å². The molecule has 4 nitrogen and oxygen atoms in total. The molecule has 0 bridgehead atoms. The van der Waals surface area contributed by atoms with E-state index in [1.54, 1.807) is 0 Å². The Bertz CT molecular complexity index is 636. The summed E-state index contributed by atoms with van der Waals surface area (Å²) in [6, 6.07) is 6.70. The Kier molecular flexibility index (Phi) is 3.96. The summed E-state index contributed by atoms with van der Waals surface area (Å²) in [5.74, 6) is -2.09. The summed E-state index contributed by atoms with van der Waals surface area (Å²) in [5, 5.41) is 11.7. The van der Waals surface area contributed by atoms with Crippen LogP contribution in [-0.2, 0) is 0 Å². The Morgan fingerprint density at radius 3 is 2.58 bits per heavy atom. The number of amides is 1. The van der Waals surface area contributed by atoms with E-state index in [0.29, 0.717) is 9.47 Å². The molecule has 7 heteroatoms. The number of halogens is 2. The zero-order valence-corrected chi connectivity index (χ0v) is 11.7. The predicted molar refractivity (Wildman–Crippen MR) is 73.3 cm³/mol. The van der Waals surface area contributed by atoms with Gasteiger partial charge in [-0.2, -0.15) is 0 Å². The maximum absolute atomic E-state index is 13.2. The van der Waals surface area contributed by atoms with Gasteiger partial charge in [0.1, 0.15) is 10.7 Å². The van der Waals surface area contributed by atoms with Crippen LogP contribution in [0.25, 0.3) is 0 Å². The van der Waals surface area contributed by atoms with Crippen LogP contribution in [0, 0.1) is 5.82 Å². The Balaban J connectivity index is 2.18. The summed E-state index contributed by atoms with van der Waals surface area (Å²) in [6.07, 6.45) is 0. The SMILES string of the molecule is O=C(Nc1ccc(C(=O)O)s1)c1cc(F)cc(Br)c1. The van der Waals surface area contributed by atoms with Crippen LogP contribution in [0.15, 0.2) is 34.8 Å². The second-order valence-corrected chi connectivity index (χ2v) is 5.58. The minimum Gasteiger partial charge on any atom is -0.477 e. The van der Waals surface area contributed by atoms with Crippen molar-refractivity contribution in [3.63, 3.8) is 0 Å². The minimum atomic E-state index is -1.06. The van der Waals surface area contributed by atoms with Crippen molar-refractivity contribution in [2.24, 2.45) is 0 Å². The molecule has 0 aliphatic rings. The van der Waals surface area contributed by atoms with Crippen molar-refractivity contribution in [3.8, 4) is 0 Å². The first-order chi connectivity index (χ1) is 8.95. The molecule has 0 fully saturated rings. The number of hydrogen-bond donors (Lipinski definition) is 2. The molecule has 0 aliphatic heterocycles. The molecular weight excluding hydrogens is 337 g/mol. The number of carboxylic acid groups (broad SMARTS) is 1. The standard InChI is InChI=1S/C12H7BrFNO3S/c13-7-3-6(4-8(14)5-7)11(16)15-10-2-1-9(19-10)12(17)18/h1-5H,(H,15,16)(H,17,18). The zero-order valence-electron chi connectivity index (χ0n) is 9.31. The van der Waals surface area contributed by atoms with E-state index in [1.807, 2.05) is 0 Å². The van der Waals surface area contributed by atoms with E-state index in [-0.39, 0.29) is 10.4 Å². The van der Waals surface area contributed by atoms with Crippen LogP contribution in [0.2, 0.25) is 0 Å². The van der Waals surface area contributed by atoms with Crippen molar-refractivity contribution in [2.45, 2.75) is 0 Å². The molecule has 0 saturated carbocycles. The van der Waals surface area contributed by atoms with Crippen molar-refractivity contribution < 1.29 is 19.1 Å². The number of aromatic carboxylic acids is 1. The second kappa shape index (κ2) is 5.50. The lowest BCUT2D eigenvalue weighted by Crippen LogP contribution is -2.11. The van der Waals surface area contributed by atoms with Crippen LogP contribution >= 0.6 is 27.3 Å². The molecule has 19 heavy (non-hydrogen) atoms. The predicted octanol–water partition coefficient (Wildman–Crippen LogP) is 3.60. The van der Waals surface area contributed by atoms with Gasteiger partial charge in [0.15, 0.2) is 0 Å². The first-order valence-corrected chi connectivity index (χ1v) is 6.67. The molecule has 2 aromatic rings. The summed E-state index contributed by atoms with van der Waals surface area (Å²) in [6.45, 7) is 0. The van der Waals surface area contributed by atoms with E-state index in [0.717, 1.165) is 17.4 Å². The number of carbonyl (C=O) groups excluding carboxylic acids is 1. The molecule has 0 saturated heterocycles. The maximum Gasteiger partial charge on any atom is 0.345 e. The highest BCUT2D eigenvalue weighted by atomic mass is 79.9. The first kappa shape index (κ1) is 13.7. The van der Waals surface area contributed by atoms with Gasteiger partial charge in [0.05, 0.1) is 5.00 Å². The van der Waals surface area contributed by atoms with Gasteiger partial charge in [0.25, 0.3) is 5.91 Å². The fourth-order valence-corrected chi connectivity index (χ4v) is 2.59. The molecule has 1 heterocycles. The Hall–Kier alpha value is -1.73. The molecular formula is C12H7BrFNO3S. The number of benzene rings is 1. The Labute approximate surface area is 120 Å². The molecule has 2 rings (SSSR count). The molecule has 1 aromatic heterocycles. The Morgan fingerprint density at radius 1 is 1.26 bits per heavy atom. The van der Waals surface area contributed by atoms with Gasteiger partial charge >= 0.3 is 5.97 Å². The average Bonchev–Trinajstić information content (AvgIpc) is 2.76. The van der Waals surface area contributed by atoms with Crippen molar-refractivity contribution >= 4 is 44.1 Å². The van der Waals surface area contributed by atoms with Gasteiger partial charge in [-0.15, -0.1) is 11.3 Å². The van der Waals surface area contributed by atoms with Crippen LogP contribution in [0.1, 0.15) is 20.0 Å². The van der Waals surface area contributed by atoms with E-state index < -0.39 is 17.7 Å². The van der Waals surface area contributed by atoms with Gasteiger partial charge in [-0.3, -0.25) is 4.79 Å². The largest absolute Gasteiger partial charge is 0.477 e. The summed E-state index contributed by atoms with van der Waals surface area (Å²) in [4.78, 5) is 22.7. The van der Waals surface area contributed by atoms with Gasteiger partial charge in [-0.1, -0.05) is 15.9 Å². The highest BCUT2D eigenvalue weighted by molar-refractivity contribution is 9.10. The minimum absolute atomic E-state index is 0.121. The van der Waals surface area contributed by atoms with Gasteiger partial charge in [0.2, 0.25) is 0 Å². The summed E-state index contributed by atoms with van der Waals surface area (Å²) < 4.78 is 13.6. The van der Waals surface area contributed by atoms with Gasteiger partial charge in [-0.25, -0.2) is 9.18 Å². The highest BCUT2D eigenvalue weighted by Crippen LogP contribution is 2.23. The fraction of sp³-hybridized carbons (Fsp3) is 0. The zero-order chi connectivity index (χ0) is 14.0. The third-order valence-electron chi connectivity index (χ3n) is 2.18. The lowest BCUT2D eigenvalue weighted by atomic mass is 10.2. The second-order valence-electron chi connectivity index (χ2n) is 3.58. The molecule has 0 unspecified atom stereocenters. The third-order valence-corrected chi connectivity index (χ3v) is 3.62.